The van der Waals surface area contributed by atoms with Crippen LogP contribution in [0.15, 0.2) is 133 Å². The van der Waals surface area contributed by atoms with Gasteiger partial charge >= 0.3 is 0 Å². The van der Waals surface area contributed by atoms with Gasteiger partial charge in [-0.1, -0.05) is 58.5 Å². The van der Waals surface area contributed by atoms with E-state index in [1.807, 2.05) is 43.0 Å². The highest BCUT2D eigenvalue weighted by atomic mass is 35.5. The standard InChI is InChI=1S/C27H22Cl2N6O2.C25H22Cl2N4O4S/c1-17(37-26-7-2-18(11-30)12-33-26)21-14-35(15-22(21)19-3-5-23(28)24(29)10-19)27(36)20-4-6-25(32-13-20)34-9-8-31-16-34;1-15(35-23-7-3-16(10-28)11-29-23)19-13-31(14-20(19)17-4-6-21(26)22(27)9-17)25(32)18-5-8-24(30-12-18)36(2,33)34/h2-10,12-13,16-17,21-22H,14-15H2,1H3;3-9,11-12,15,19-20H,13-14H2,1-2H3. The van der Waals surface area contributed by atoms with Gasteiger partial charge in [0.1, 0.15) is 36.5 Å². The van der Waals surface area contributed by atoms with Crippen LogP contribution in [0.2, 0.25) is 20.1 Å². The molecule has 6 unspecified atom stereocenters. The molecule has 9 rings (SSSR count). The van der Waals surface area contributed by atoms with E-state index in [4.69, 9.17) is 66.4 Å². The van der Waals surface area contributed by atoms with Crippen LogP contribution in [0.3, 0.4) is 0 Å². The number of benzene rings is 2. The lowest BCUT2D eigenvalue weighted by Gasteiger charge is -2.25. The van der Waals surface area contributed by atoms with Crippen molar-refractivity contribution in [1.29, 1.82) is 10.5 Å². The molecule has 2 saturated heterocycles. The Balaban J connectivity index is 0.000000195. The Morgan fingerprint density at radius 1 is 0.630 bits per heavy atom. The third kappa shape index (κ3) is 12.4. The number of carbonyl (C=O) groups is 2. The molecule has 21 heteroatoms. The van der Waals surface area contributed by atoms with Crippen molar-refractivity contribution < 1.29 is 27.5 Å². The third-order valence-corrected chi connectivity index (χ3v) is 15.2. The second-order valence-electron chi connectivity index (χ2n) is 17.5. The van der Waals surface area contributed by atoms with Crippen molar-refractivity contribution in [2.45, 2.75) is 42.9 Å². The number of hydrogen-bond acceptors (Lipinski definition) is 13. The fourth-order valence-corrected chi connectivity index (χ4v) is 10.0. The smallest absolute Gasteiger partial charge is 0.255 e. The van der Waals surface area contributed by atoms with Gasteiger partial charge in [-0.3, -0.25) is 14.2 Å². The normalized spacial score (nSPS) is 18.2. The van der Waals surface area contributed by atoms with Crippen LogP contribution in [0.4, 0.5) is 0 Å². The monoisotopic (exact) mass is 1080 g/mol. The molecule has 2 aliphatic heterocycles. The number of pyridine rings is 4. The Labute approximate surface area is 441 Å². The first-order valence-corrected chi connectivity index (χ1v) is 26.0. The molecule has 0 saturated carbocycles. The van der Waals surface area contributed by atoms with Gasteiger partial charge in [0, 0.05) is 105 Å². The second kappa shape index (κ2) is 22.7. The van der Waals surface area contributed by atoms with Crippen LogP contribution in [-0.4, -0.2) is 104 Å². The van der Waals surface area contributed by atoms with Gasteiger partial charge in [-0.2, -0.15) is 10.5 Å². The van der Waals surface area contributed by atoms with Gasteiger partial charge in [0.25, 0.3) is 11.8 Å². The summed E-state index contributed by atoms with van der Waals surface area (Å²) in [7, 11) is -3.47. The van der Waals surface area contributed by atoms with Crippen molar-refractivity contribution in [1.82, 2.24) is 39.3 Å². The highest BCUT2D eigenvalue weighted by Gasteiger charge is 2.42. The Kier molecular flexibility index (Phi) is 16.3. The number of halogens is 4. The summed E-state index contributed by atoms with van der Waals surface area (Å²) in [6.45, 7) is 5.61. The SMILES string of the molecule is CC(Oc1ccc(C#N)cn1)C1CN(C(=O)c2ccc(-n3ccnc3)nc2)CC1c1ccc(Cl)c(Cl)c1.CC(Oc1ccc(C#N)cn1)C1CN(C(=O)c2ccc(S(C)(=O)=O)nc2)CC1c1ccc(Cl)c(Cl)c1. The summed E-state index contributed by atoms with van der Waals surface area (Å²) in [5, 5.41) is 19.7. The molecule has 0 N–H and O–H groups in total. The molecule has 2 aromatic carbocycles. The Morgan fingerprint density at radius 2 is 1.12 bits per heavy atom. The largest absolute Gasteiger partial charge is 0.474 e. The number of rotatable bonds is 12. The number of ether oxygens (including phenoxy) is 2. The average molecular weight is 1080 g/mol. The van der Waals surface area contributed by atoms with Crippen LogP contribution in [0.1, 0.15) is 68.7 Å². The van der Waals surface area contributed by atoms with Crippen molar-refractivity contribution in [3.8, 4) is 29.7 Å². The van der Waals surface area contributed by atoms with Gasteiger partial charge in [-0.05, 0) is 85.6 Å². The molecule has 73 heavy (non-hydrogen) atoms. The number of amides is 2. The van der Waals surface area contributed by atoms with E-state index in [0.29, 0.717) is 86.1 Å². The predicted octanol–water partition coefficient (Wildman–Crippen LogP) is 9.55. The Bertz CT molecular complexity index is 3300. The van der Waals surface area contributed by atoms with Crippen LogP contribution >= 0.6 is 46.4 Å². The highest BCUT2D eigenvalue weighted by Crippen LogP contribution is 2.40. The molecular formula is C52H44Cl4N10O6S. The van der Waals surface area contributed by atoms with E-state index in [-0.39, 0.29) is 52.7 Å². The fourth-order valence-electron chi connectivity index (χ4n) is 8.87. The maximum Gasteiger partial charge on any atom is 0.255 e. The topological polar surface area (TPSA) is 210 Å². The first-order valence-electron chi connectivity index (χ1n) is 22.6. The summed E-state index contributed by atoms with van der Waals surface area (Å²) in [5.74, 6) is 0.788. The van der Waals surface area contributed by atoms with E-state index in [2.05, 4.69) is 31.0 Å². The Hall–Kier alpha value is -7.12. The fraction of sp³-hybridized carbons (Fsp3) is 0.250. The number of likely N-dealkylation sites (tertiary alicyclic amines) is 2. The van der Waals surface area contributed by atoms with Gasteiger partial charge in [-0.25, -0.2) is 33.3 Å². The van der Waals surface area contributed by atoms with Gasteiger partial charge in [0.2, 0.25) is 11.8 Å². The van der Waals surface area contributed by atoms with Crippen molar-refractivity contribution in [2.75, 3.05) is 32.4 Å². The molecule has 16 nitrogen and oxygen atoms in total. The van der Waals surface area contributed by atoms with E-state index in [0.717, 1.165) is 17.4 Å². The molecular weight excluding hydrogens is 1030 g/mol. The lowest BCUT2D eigenvalue weighted by molar-refractivity contribution is 0.0760. The number of carbonyl (C=O) groups excluding carboxylic acids is 2. The van der Waals surface area contributed by atoms with Crippen LogP contribution < -0.4 is 9.47 Å². The number of imidazole rings is 1. The zero-order chi connectivity index (χ0) is 52.0. The number of nitrogens with zero attached hydrogens (tertiary/aromatic N) is 10. The zero-order valence-corrected chi connectivity index (χ0v) is 43.1. The maximum absolute atomic E-state index is 13.5. The van der Waals surface area contributed by atoms with Crippen LogP contribution in [-0.2, 0) is 9.84 Å². The number of sulfone groups is 1. The lowest BCUT2D eigenvalue weighted by atomic mass is 9.86. The average Bonchev–Trinajstić information content (AvgIpc) is 4.20. The molecule has 6 atom stereocenters. The highest BCUT2D eigenvalue weighted by molar-refractivity contribution is 7.90. The summed E-state index contributed by atoms with van der Waals surface area (Å²) in [6.07, 6.45) is 11.3. The van der Waals surface area contributed by atoms with E-state index >= 15 is 0 Å². The van der Waals surface area contributed by atoms with E-state index in [9.17, 15) is 18.0 Å². The molecule has 2 amide bonds. The quantitative estimate of drug-likeness (QED) is 0.112. The van der Waals surface area contributed by atoms with E-state index in [1.165, 1.54) is 30.7 Å². The Morgan fingerprint density at radius 3 is 1.49 bits per heavy atom. The lowest BCUT2D eigenvalue weighted by Crippen LogP contribution is -2.32. The molecule has 7 aromatic rings. The van der Waals surface area contributed by atoms with E-state index in [1.54, 1.807) is 89.0 Å². The molecule has 2 aliphatic rings. The summed E-state index contributed by atoms with van der Waals surface area (Å²) in [6, 6.07) is 28.0. The van der Waals surface area contributed by atoms with Gasteiger partial charge in [-0.15, -0.1) is 0 Å². The molecule has 0 radical (unpaired) electrons. The molecule has 0 spiro atoms. The minimum atomic E-state index is -3.47. The second-order valence-corrected chi connectivity index (χ2v) is 21.1. The van der Waals surface area contributed by atoms with Crippen molar-refractivity contribution >= 4 is 68.1 Å². The van der Waals surface area contributed by atoms with Gasteiger partial charge in [0.15, 0.2) is 14.9 Å². The number of aromatic nitrogens is 6. The van der Waals surface area contributed by atoms with Crippen LogP contribution in [0.25, 0.3) is 5.82 Å². The van der Waals surface area contributed by atoms with Crippen molar-refractivity contribution in [3.05, 3.63) is 182 Å². The molecule has 0 bridgehead atoms. The summed E-state index contributed by atoms with van der Waals surface area (Å²) >= 11 is 24.9. The number of hydrogen-bond donors (Lipinski definition) is 0. The molecule has 5 aromatic heterocycles. The van der Waals surface area contributed by atoms with Gasteiger partial charge < -0.3 is 19.3 Å². The van der Waals surface area contributed by atoms with Crippen molar-refractivity contribution in [2.24, 2.45) is 11.8 Å². The third-order valence-electron chi connectivity index (χ3n) is 12.7. The first-order chi connectivity index (χ1) is 35.0. The summed E-state index contributed by atoms with van der Waals surface area (Å²) in [4.78, 5) is 51.1. The molecule has 7 heterocycles. The number of nitriles is 2. The predicted molar refractivity (Wildman–Crippen MR) is 274 cm³/mol. The van der Waals surface area contributed by atoms with Crippen LogP contribution in [0, 0.1) is 34.5 Å². The maximum atomic E-state index is 13.5. The van der Waals surface area contributed by atoms with Gasteiger partial charge in [0.05, 0.1) is 42.3 Å². The molecule has 2 fully saturated rings. The first kappa shape index (κ1) is 52.2. The van der Waals surface area contributed by atoms with Crippen molar-refractivity contribution in [3.63, 3.8) is 0 Å². The molecule has 372 valence electrons. The molecule has 0 aliphatic carbocycles. The van der Waals surface area contributed by atoms with E-state index < -0.39 is 9.84 Å². The van der Waals surface area contributed by atoms with Crippen LogP contribution in [0.5, 0.6) is 11.8 Å². The summed E-state index contributed by atoms with van der Waals surface area (Å²) in [5.41, 5.74) is 3.57. The minimum Gasteiger partial charge on any atom is -0.474 e. The minimum absolute atomic E-state index is 0.0368. The summed E-state index contributed by atoms with van der Waals surface area (Å²) < 4.78 is 37.4. The zero-order valence-electron chi connectivity index (χ0n) is 39.3.